The molecule has 1 saturated heterocycles. The van der Waals surface area contributed by atoms with Crippen LogP contribution in [0.3, 0.4) is 0 Å². The van der Waals surface area contributed by atoms with Gasteiger partial charge in [0.1, 0.15) is 0 Å². The van der Waals surface area contributed by atoms with Crippen molar-refractivity contribution in [3.05, 3.63) is 52.8 Å². The Labute approximate surface area is 160 Å². The molecule has 6 heteroatoms. The van der Waals surface area contributed by atoms with Gasteiger partial charge in [0.2, 0.25) is 5.95 Å². The Kier molecular flexibility index (Phi) is 5.45. The van der Waals surface area contributed by atoms with E-state index in [1.807, 2.05) is 12.1 Å². The van der Waals surface area contributed by atoms with E-state index in [9.17, 15) is 4.79 Å². The zero-order valence-corrected chi connectivity index (χ0v) is 15.8. The number of aromatic nitrogens is 2. The van der Waals surface area contributed by atoms with Crippen molar-refractivity contribution in [1.29, 1.82) is 0 Å². The molecule has 2 aromatic rings. The van der Waals surface area contributed by atoms with Crippen LogP contribution in [0, 0.1) is 6.92 Å². The summed E-state index contributed by atoms with van der Waals surface area (Å²) in [5, 5.41) is 3.31. The first kappa shape index (κ1) is 18.1. The second-order valence-electron chi connectivity index (χ2n) is 7.32. The van der Waals surface area contributed by atoms with Crippen LogP contribution in [0.4, 0.5) is 5.95 Å². The van der Waals surface area contributed by atoms with Crippen LogP contribution in [0.2, 0.25) is 0 Å². The average Bonchev–Trinajstić information content (AvgIpc) is 2.69. The lowest BCUT2D eigenvalue weighted by Crippen LogP contribution is -2.39. The molecule has 1 atom stereocenters. The maximum atomic E-state index is 12.6. The summed E-state index contributed by atoms with van der Waals surface area (Å²) in [4.78, 5) is 24.0. The molecular weight excluding hydrogens is 340 g/mol. The number of Topliss-reactive ketones (excluding diaryl/α,β-unsaturated/α-hetero) is 1. The molecule has 1 N–H and O–H groups in total. The van der Waals surface area contributed by atoms with Crippen LogP contribution in [0.25, 0.3) is 0 Å². The fraction of sp³-hybridized carbons (Fsp3) is 0.476. The van der Waals surface area contributed by atoms with Gasteiger partial charge in [-0.05, 0) is 30.4 Å². The van der Waals surface area contributed by atoms with Gasteiger partial charge in [-0.15, -0.1) is 0 Å². The van der Waals surface area contributed by atoms with E-state index in [0.29, 0.717) is 17.9 Å². The molecule has 2 aliphatic rings. The molecule has 1 aromatic heterocycles. The quantitative estimate of drug-likeness (QED) is 0.877. The van der Waals surface area contributed by atoms with E-state index < -0.39 is 0 Å². The summed E-state index contributed by atoms with van der Waals surface area (Å²) in [6.07, 6.45) is 3.01. The first-order valence-corrected chi connectivity index (χ1v) is 9.69. The summed E-state index contributed by atoms with van der Waals surface area (Å²) in [5.74, 6) is 0.951. The maximum absolute atomic E-state index is 12.6. The molecule has 2 heterocycles. The second kappa shape index (κ2) is 8.15. The lowest BCUT2D eigenvalue weighted by Gasteiger charge is -2.26. The second-order valence-corrected chi connectivity index (χ2v) is 7.32. The standard InChI is InChI=1S/C21H26N4O2/c1-15-4-2-3-5-17(15)16-12-19-18(20(26)13-16)14-23-21(24-19)22-6-7-25-8-10-27-11-9-25/h2-5,14,16H,6-13H2,1H3,(H,22,23,24)/t16-/m0/s1. The minimum absolute atomic E-state index is 0.143. The maximum Gasteiger partial charge on any atom is 0.222 e. The SMILES string of the molecule is Cc1ccccc1[C@@H]1CC(=O)c2cnc(NCCN3CCOCC3)nc2C1. The molecule has 0 spiro atoms. The van der Waals surface area contributed by atoms with E-state index in [2.05, 4.69) is 39.2 Å². The van der Waals surface area contributed by atoms with Crippen molar-refractivity contribution in [1.82, 2.24) is 14.9 Å². The highest BCUT2D eigenvalue weighted by Crippen LogP contribution is 2.33. The van der Waals surface area contributed by atoms with Crippen molar-refractivity contribution in [3.8, 4) is 0 Å². The number of carbonyl (C=O) groups excluding carboxylic acids is 1. The van der Waals surface area contributed by atoms with Gasteiger partial charge in [0.05, 0.1) is 24.5 Å². The fourth-order valence-electron chi connectivity index (χ4n) is 3.95. The van der Waals surface area contributed by atoms with Gasteiger partial charge in [0.25, 0.3) is 0 Å². The number of benzene rings is 1. The molecule has 6 nitrogen and oxygen atoms in total. The third kappa shape index (κ3) is 4.17. The van der Waals surface area contributed by atoms with Gasteiger partial charge < -0.3 is 10.1 Å². The van der Waals surface area contributed by atoms with E-state index >= 15 is 0 Å². The van der Waals surface area contributed by atoms with Crippen LogP contribution in [0.1, 0.15) is 39.5 Å². The van der Waals surface area contributed by atoms with Crippen molar-refractivity contribution in [3.63, 3.8) is 0 Å². The number of aryl methyl sites for hydroxylation is 1. The molecule has 0 bridgehead atoms. The molecule has 142 valence electrons. The Morgan fingerprint density at radius 3 is 2.85 bits per heavy atom. The number of rotatable bonds is 5. The predicted octanol–water partition coefficient (Wildman–Crippen LogP) is 2.44. The first-order chi connectivity index (χ1) is 13.2. The number of carbonyl (C=O) groups is 1. The molecule has 0 radical (unpaired) electrons. The average molecular weight is 366 g/mol. The van der Waals surface area contributed by atoms with Crippen molar-refractivity contribution < 1.29 is 9.53 Å². The van der Waals surface area contributed by atoms with Crippen LogP contribution in [0.15, 0.2) is 30.5 Å². The number of anilines is 1. The molecule has 1 aliphatic carbocycles. The molecular formula is C21H26N4O2. The Hall–Kier alpha value is -2.31. The molecule has 1 aliphatic heterocycles. The number of fused-ring (bicyclic) bond motifs is 1. The number of morpholine rings is 1. The summed E-state index contributed by atoms with van der Waals surface area (Å²) in [6.45, 7) is 7.38. The van der Waals surface area contributed by atoms with Crippen molar-refractivity contribution in [2.24, 2.45) is 0 Å². The van der Waals surface area contributed by atoms with Gasteiger partial charge in [-0.25, -0.2) is 9.97 Å². The highest BCUT2D eigenvalue weighted by molar-refractivity contribution is 5.98. The smallest absolute Gasteiger partial charge is 0.222 e. The van der Waals surface area contributed by atoms with Crippen molar-refractivity contribution in [2.45, 2.75) is 25.7 Å². The van der Waals surface area contributed by atoms with Gasteiger partial charge in [0.15, 0.2) is 5.78 Å². The molecule has 4 rings (SSSR count). The van der Waals surface area contributed by atoms with E-state index in [0.717, 1.165) is 51.5 Å². The zero-order chi connectivity index (χ0) is 18.6. The minimum atomic E-state index is 0.143. The van der Waals surface area contributed by atoms with E-state index in [4.69, 9.17) is 4.74 Å². The van der Waals surface area contributed by atoms with Crippen LogP contribution in [-0.2, 0) is 11.2 Å². The van der Waals surface area contributed by atoms with Crippen LogP contribution in [-0.4, -0.2) is 60.0 Å². The molecule has 27 heavy (non-hydrogen) atoms. The first-order valence-electron chi connectivity index (χ1n) is 9.69. The number of ketones is 1. The normalized spacial score (nSPS) is 20.3. The van der Waals surface area contributed by atoms with Crippen LogP contribution >= 0.6 is 0 Å². The summed E-state index contributed by atoms with van der Waals surface area (Å²) >= 11 is 0. The largest absolute Gasteiger partial charge is 0.379 e. The Morgan fingerprint density at radius 2 is 2.04 bits per heavy atom. The van der Waals surface area contributed by atoms with Gasteiger partial charge in [-0.2, -0.15) is 0 Å². The fourth-order valence-corrected chi connectivity index (χ4v) is 3.95. The Bertz CT molecular complexity index is 818. The molecule has 1 aromatic carbocycles. The molecule has 0 amide bonds. The van der Waals surface area contributed by atoms with Crippen molar-refractivity contribution in [2.75, 3.05) is 44.7 Å². The monoisotopic (exact) mass is 366 g/mol. The lowest BCUT2D eigenvalue weighted by molar-refractivity contribution is 0.0398. The third-order valence-electron chi connectivity index (χ3n) is 5.48. The Balaban J connectivity index is 1.44. The van der Waals surface area contributed by atoms with Gasteiger partial charge >= 0.3 is 0 Å². The molecule has 0 saturated carbocycles. The summed E-state index contributed by atoms with van der Waals surface area (Å²) in [6, 6.07) is 8.31. The molecule has 1 fully saturated rings. The number of hydrogen-bond acceptors (Lipinski definition) is 6. The minimum Gasteiger partial charge on any atom is -0.379 e. The van der Waals surface area contributed by atoms with E-state index in [1.165, 1.54) is 11.1 Å². The van der Waals surface area contributed by atoms with E-state index in [-0.39, 0.29) is 11.7 Å². The van der Waals surface area contributed by atoms with Gasteiger partial charge in [-0.3, -0.25) is 9.69 Å². The Morgan fingerprint density at radius 1 is 1.22 bits per heavy atom. The predicted molar refractivity (Wildman–Crippen MR) is 104 cm³/mol. The molecule has 0 unspecified atom stereocenters. The summed E-state index contributed by atoms with van der Waals surface area (Å²) in [7, 11) is 0. The number of ether oxygens (including phenoxy) is 1. The van der Waals surface area contributed by atoms with Crippen molar-refractivity contribution >= 4 is 11.7 Å². The third-order valence-corrected chi connectivity index (χ3v) is 5.48. The van der Waals surface area contributed by atoms with Crippen LogP contribution < -0.4 is 5.32 Å². The zero-order valence-electron chi connectivity index (χ0n) is 15.8. The highest BCUT2D eigenvalue weighted by atomic mass is 16.5. The lowest BCUT2D eigenvalue weighted by atomic mass is 9.81. The summed E-state index contributed by atoms with van der Waals surface area (Å²) < 4.78 is 5.37. The number of nitrogens with zero attached hydrogens (tertiary/aromatic N) is 3. The summed E-state index contributed by atoms with van der Waals surface area (Å²) in [5.41, 5.74) is 4.02. The van der Waals surface area contributed by atoms with E-state index in [1.54, 1.807) is 6.20 Å². The van der Waals surface area contributed by atoms with Gasteiger partial charge in [0, 0.05) is 38.8 Å². The van der Waals surface area contributed by atoms with Gasteiger partial charge in [-0.1, -0.05) is 24.3 Å². The topological polar surface area (TPSA) is 67.4 Å². The highest BCUT2D eigenvalue weighted by Gasteiger charge is 2.28. The number of hydrogen-bond donors (Lipinski definition) is 1. The van der Waals surface area contributed by atoms with Crippen LogP contribution in [0.5, 0.6) is 0 Å². The number of nitrogens with one attached hydrogen (secondary N) is 1.